The fourth-order valence-electron chi connectivity index (χ4n) is 3.10. The van der Waals surface area contributed by atoms with E-state index in [1.54, 1.807) is 0 Å². The number of benzene rings is 1. The third kappa shape index (κ3) is 5.12. The van der Waals surface area contributed by atoms with Gasteiger partial charge in [0.1, 0.15) is 0 Å². The Labute approximate surface area is 130 Å². The predicted molar refractivity (Wildman–Crippen MR) is 91.7 cm³/mol. The first kappa shape index (κ1) is 16.5. The maximum absolute atomic E-state index is 3.71. The molecule has 1 aromatic carbocycles. The average molecular weight is 288 g/mol. The number of rotatable bonds is 5. The largest absolute Gasteiger partial charge is 0.311 e. The van der Waals surface area contributed by atoms with Gasteiger partial charge in [0.15, 0.2) is 0 Å². The van der Waals surface area contributed by atoms with Crippen molar-refractivity contribution in [2.24, 2.45) is 5.41 Å². The maximum atomic E-state index is 3.71. The van der Waals surface area contributed by atoms with Crippen LogP contribution >= 0.6 is 0 Å². The number of unbranched alkanes of at least 4 members (excludes halogenated alkanes) is 1. The zero-order valence-electron chi connectivity index (χ0n) is 14.2. The molecule has 0 radical (unpaired) electrons. The van der Waals surface area contributed by atoms with E-state index >= 15 is 0 Å². The van der Waals surface area contributed by atoms with E-state index in [0.717, 1.165) is 6.54 Å². The maximum Gasteiger partial charge on any atom is 0.0244 e. The predicted octanol–water partition coefficient (Wildman–Crippen LogP) is 3.72. The van der Waals surface area contributed by atoms with E-state index in [2.05, 4.69) is 68.2 Å². The Hall–Kier alpha value is -0.860. The molecular formula is C19H32N2. The second kappa shape index (κ2) is 7.42. The molecule has 1 aromatic rings. The van der Waals surface area contributed by atoms with Gasteiger partial charge >= 0.3 is 0 Å². The Morgan fingerprint density at radius 1 is 1.14 bits per heavy atom. The Balaban J connectivity index is 1.73. The molecule has 21 heavy (non-hydrogen) atoms. The first-order valence-electron chi connectivity index (χ1n) is 8.48. The molecular weight excluding hydrogens is 256 g/mol. The molecule has 1 fully saturated rings. The number of nitrogens with one attached hydrogen (secondary N) is 1. The van der Waals surface area contributed by atoms with Crippen LogP contribution in [-0.4, -0.2) is 36.6 Å². The van der Waals surface area contributed by atoms with Gasteiger partial charge in [-0.05, 0) is 43.7 Å². The Morgan fingerprint density at radius 3 is 2.52 bits per heavy atom. The summed E-state index contributed by atoms with van der Waals surface area (Å²) in [5.41, 5.74) is 1.82. The number of hydrogen-bond acceptors (Lipinski definition) is 2. The molecule has 1 saturated heterocycles. The van der Waals surface area contributed by atoms with Crippen LogP contribution in [0.1, 0.15) is 46.1 Å². The smallest absolute Gasteiger partial charge is 0.0244 e. The van der Waals surface area contributed by atoms with Gasteiger partial charge in [0.25, 0.3) is 0 Å². The van der Waals surface area contributed by atoms with Gasteiger partial charge in [-0.15, -0.1) is 0 Å². The molecule has 1 N–H and O–H groups in total. The second-order valence-electron chi connectivity index (χ2n) is 7.61. The molecule has 0 aliphatic carbocycles. The quantitative estimate of drug-likeness (QED) is 0.831. The summed E-state index contributed by atoms with van der Waals surface area (Å²) < 4.78 is 0. The van der Waals surface area contributed by atoms with Crippen molar-refractivity contribution in [3.8, 4) is 0 Å². The van der Waals surface area contributed by atoms with Crippen LogP contribution in [0.15, 0.2) is 30.3 Å². The lowest BCUT2D eigenvalue weighted by Crippen LogP contribution is -2.59. The van der Waals surface area contributed by atoms with E-state index in [9.17, 15) is 0 Å². The van der Waals surface area contributed by atoms with Crippen LogP contribution in [0.25, 0.3) is 0 Å². The summed E-state index contributed by atoms with van der Waals surface area (Å²) in [6.07, 6.45) is 3.81. The monoisotopic (exact) mass is 288 g/mol. The normalized spacial score (nSPS) is 24.2. The van der Waals surface area contributed by atoms with Crippen molar-refractivity contribution in [2.75, 3.05) is 19.6 Å². The summed E-state index contributed by atoms with van der Waals surface area (Å²) in [6.45, 7) is 12.9. The van der Waals surface area contributed by atoms with Crippen LogP contribution in [0.3, 0.4) is 0 Å². The van der Waals surface area contributed by atoms with Crippen LogP contribution in [-0.2, 0) is 6.42 Å². The zero-order chi connectivity index (χ0) is 15.3. The number of aryl methyl sites for hydroxylation is 1. The minimum atomic E-state index is 0.350. The molecule has 0 spiro atoms. The molecule has 0 saturated carbocycles. The van der Waals surface area contributed by atoms with Crippen LogP contribution in [0.5, 0.6) is 0 Å². The molecule has 1 heterocycles. The van der Waals surface area contributed by atoms with E-state index in [0.29, 0.717) is 17.5 Å². The molecule has 118 valence electrons. The lowest BCUT2D eigenvalue weighted by molar-refractivity contribution is 0.0923. The van der Waals surface area contributed by atoms with Gasteiger partial charge in [-0.25, -0.2) is 0 Å². The fourth-order valence-corrected chi connectivity index (χ4v) is 3.10. The zero-order valence-corrected chi connectivity index (χ0v) is 14.2. The van der Waals surface area contributed by atoms with Crippen LogP contribution in [0, 0.1) is 5.41 Å². The van der Waals surface area contributed by atoms with Gasteiger partial charge < -0.3 is 5.32 Å². The van der Waals surface area contributed by atoms with Crippen LogP contribution in [0.2, 0.25) is 0 Å². The van der Waals surface area contributed by atoms with Gasteiger partial charge in [-0.3, -0.25) is 4.90 Å². The third-order valence-electron chi connectivity index (χ3n) is 4.75. The standard InChI is InChI=1S/C19H32N2/c1-16-14-20-18(19(2,3)4)15-21(16)13-9-8-12-17-10-6-5-7-11-17/h5-7,10-11,16,18,20H,8-9,12-15H2,1-4H3. The number of nitrogens with zero attached hydrogens (tertiary/aromatic N) is 1. The summed E-state index contributed by atoms with van der Waals surface area (Å²) in [4.78, 5) is 2.68. The van der Waals surface area contributed by atoms with E-state index in [-0.39, 0.29) is 0 Å². The average Bonchev–Trinajstić information content (AvgIpc) is 2.45. The topological polar surface area (TPSA) is 15.3 Å². The van der Waals surface area contributed by atoms with Crippen LogP contribution in [0.4, 0.5) is 0 Å². The van der Waals surface area contributed by atoms with Crippen molar-refractivity contribution in [1.29, 1.82) is 0 Å². The highest BCUT2D eigenvalue weighted by Gasteiger charge is 2.31. The minimum absolute atomic E-state index is 0.350. The second-order valence-corrected chi connectivity index (χ2v) is 7.61. The Bertz CT molecular complexity index is 407. The molecule has 1 aliphatic heterocycles. The van der Waals surface area contributed by atoms with Gasteiger partial charge in [0.2, 0.25) is 0 Å². The summed E-state index contributed by atoms with van der Waals surface area (Å²) in [7, 11) is 0. The Morgan fingerprint density at radius 2 is 1.86 bits per heavy atom. The highest BCUT2D eigenvalue weighted by molar-refractivity contribution is 5.14. The summed E-state index contributed by atoms with van der Waals surface area (Å²) in [5.74, 6) is 0. The molecule has 2 nitrogen and oxygen atoms in total. The molecule has 1 aliphatic rings. The van der Waals surface area contributed by atoms with Crippen molar-refractivity contribution in [3.63, 3.8) is 0 Å². The van der Waals surface area contributed by atoms with E-state index in [1.165, 1.54) is 37.9 Å². The van der Waals surface area contributed by atoms with Crippen molar-refractivity contribution in [3.05, 3.63) is 35.9 Å². The molecule has 0 aromatic heterocycles. The molecule has 2 heteroatoms. The van der Waals surface area contributed by atoms with E-state index in [4.69, 9.17) is 0 Å². The molecule has 2 atom stereocenters. The van der Waals surface area contributed by atoms with Gasteiger partial charge in [-0.1, -0.05) is 51.1 Å². The fraction of sp³-hybridized carbons (Fsp3) is 0.684. The van der Waals surface area contributed by atoms with Gasteiger partial charge in [-0.2, -0.15) is 0 Å². The summed E-state index contributed by atoms with van der Waals surface area (Å²) in [6, 6.07) is 12.1. The van der Waals surface area contributed by atoms with Gasteiger partial charge in [0, 0.05) is 25.2 Å². The van der Waals surface area contributed by atoms with Crippen molar-refractivity contribution < 1.29 is 0 Å². The number of hydrogen-bond donors (Lipinski definition) is 1. The summed E-state index contributed by atoms with van der Waals surface area (Å²) in [5, 5.41) is 3.71. The van der Waals surface area contributed by atoms with Crippen molar-refractivity contribution >= 4 is 0 Å². The molecule has 0 bridgehead atoms. The SMILES string of the molecule is CC1CNC(C(C)(C)C)CN1CCCCc1ccccc1. The first-order chi connectivity index (χ1) is 9.97. The molecule has 2 unspecified atom stereocenters. The van der Waals surface area contributed by atoms with E-state index in [1.807, 2.05) is 0 Å². The minimum Gasteiger partial charge on any atom is -0.311 e. The number of piperazine rings is 1. The molecule has 2 rings (SSSR count). The highest BCUT2D eigenvalue weighted by atomic mass is 15.2. The van der Waals surface area contributed by atoms with Crippen LogP contribution < -0.4 is 5.32 Å². The van der Waals surface area contributed by atoms with Crippen molar-refractivity contribution in [1.82, 2.24) is 10.2 Å². The van der Waals surface area contributed by atoms with E-state index < -0.39 is 0 Å². The lowest BCUT2D eigenvalue weighted by Gasteiger charge is -2.44. The van der Waals surface area contributed by atoms with Gasteiger partial charge in [0.05, 0.1) is 0 Å². The lowest BCUT2D eigenvalue weighted by atomic mass is 9.84. The third-order valence-corrected chi connectivity index (χ3v) is 4.75. The Kier molecular flexibility index (Phi) is 5.83. The van der Waals surface area contributed by atoms with Crippen molar-refractivity contribution in [2.45, 2.75) is 59.0 Å². The molecule has 0 amide bonds. The highest BCUT2D eigenvalue weighted by Crippen LogP contribution is 2.23. The first-order valence-corrected chi connectivity index (χ1v) is 8.48. The summed E-state index contributed by atoms with van der Waals surface area (Å²) >= 11 is 0.